The molecule has 0 amide bonds. The monoisotopic (exact) mass is 343 g/mol. The zero-order valence-corrected chi connectivity index (χ0v) is 14.2. The van der Waals surface area contributed by atoms with Crippen molar-refractivity contribution < 1.29 is 14.4 Å². The Morgan fingerprint density at radius 3 is 1.73 bits per heavy atom. The van der Waals surface area contributed by atoms with E-state index in [0.717, 1.165) is 5.56 Å². The van der Waals surface area contributed by atoms with Gasteiger partial charge >= 0.3 is 0 Å². The number of carbonyl (C=O) groups excluding carboxylic acids is 3. The van der Waals surface area contributed by atoms with Crippen LogP contribution in [-0.4, -0.2) is 17.3 Å². The lowest BCUT2D eigenvalue weighted by Gasteiger charge is -2.17. The second-order valence-electron chi connectivity index (χ2n) is 5.93. The molecule has 0 unspecified atom stereocenters. The number of hydrogen-bond acceptors (Lipinski definition) is 4. The Labute approximate surface area is 151 Å². The Kier molecular flexibility index (Phi) is 4.76. The Balaban J connectivity index is 0.000000185. The molecule has 4 nitrogen and oxygen atoms in total. The molecule has 1 aliphatic rings. The first-order valence-electron chi connectivity index (χ1n) is 8.13. The van der Waals surface area contributed by atoms with Crippen LogP contribution >= 0.6 is 0 Å². The molecule has 26 heavy (non-hydrogen) atoms. The van der Waals surface area contributed by atoms with Crippen molar-refractivity contribution in [3.63, 3.8) is 0 Å². The number of hydrogen-bond donors (Lipinski definition) is 1. The number of ketones is 3. The Hall–Kier alpha value is -3.53. The van der Waals surface area contributed by atoms with Gasteiger partial charge in [0.1, 0.15) is 0 Å². The van der Waals surface area contributed by atoms with E-state index in [1.54, 1.807) is 49.4 Å². The Morgan fingerprint density at radius 2 is 1.19 bits per heavy atom. The lowest BCUT2D eigenvalue weighted by molar-refractivity contribution is 0.0979. The van der Waals surface area contributed by atoms with Gasteiger partial charge in [-0.2, -0.15) is 0 Å². The highest BCUT2D eigenvalue weighted by Crippen LogP contribution is 2.28. The van der Waals surface area contributed by atoms with Gasteiger partial charge in [-0.1, -0.05) is 54.6 Å². The fourth-order valence-corrected chi connectivity index (χ4v) is 2.79. The van der Waals surface area contributed by atoms with Gasteiger partial charge < -0.3 is 5.73 Å². The van der Waals surface area contributed by atoms with Crippen molar-refractivity contribution in [1.82, 2.24) is 0 Å². The number of nitrogen functional groups attached to an aromatic ring is 1. The average molecular weight is 343 g/mol. The second-order valence-corrected chi connectivity index (χ2v) is 5.93. The molecule has 0 fully saturated rings. The highest BCUT2D eigenvalue weighted by Gasteiger charge is 2.28. The maximum Gasteiger partial charge on any atom is 0.194 e. The summed E-state index contributed by atoms with van der Waals surface area (Å²) in [4.78, 5) is 35.0. The van der Waals surface area contributed by atoms with Crippen LogP contribution in [0.4, 0.5) is 5.69 Å². The largest absolute Gasteiger partial charge is 0.399 e. The third-order valence-corrected chi connectivity index (χ3v) is 4.13. The summed E-state index contributed by atoms with van der Waals surface area (Å²) < 4.78 is 0. The lowest BCUT2D eigenvalue weighted by atomic mass is 9.84. The molecule has 0 aliphatic heterocycles. The zero-order valence-electron chi connectivity index (χ0n) is 14.2. The molecule has 0 saturated carbocycles. The maximum absolute atomic E-state index is 12.2. The molecular weight excluding hydrogens is 326 g/mol. The standard InChI is InChI=1S/C14H9NO2.C8H8O/c15-8-5-6-11-12(7-8)14(17)10-4-2-1-3-9(10)13(11)16;1-7(9)8-5-3-2-4-6-8/h1-7H,15H2;2-6H,1H3. The van der Waals surface area contributed by atoms with Gasteiger partial charge in [-0.15, -0.1) is 0 Å². The first kappa shape index (κ1) is 17.3. The van der Waals surface area contributed by atoms with Crippen LogP contribution in [0.25, 0.3) is 0 Å². The lowest BCUT2D eigenvalue weighted by Crippen LogP contribution is -2.20. The third kappa shape index (κ3) is 3.30. The summed E-state index contributed by atoms with van der Waals surface area (Å²) in [6, 6.07) is 20.9. The van der Waals surface area contributed by atoms with Crippen LogP contribution in [0.5, 0.6) is 0 Å². The average Bonchev–Trinajstić information content (AvgIpc) is 2.67. The van der Waals surface area contributed by atoms with E-state index < -0.39 is 0 Å². The van der Waals surface area contributed by atoms with E-state index in [1.165, 1.54) is 0 Å². The van der Waals surface area contributed by atoms with Gasteiger partial charge in [0.15, 0.2) is 17.3 Å². The van der Waals surface area contributed by atoms with E-state index >= 15 is 0 Å². The number of benzene rings is 3. The van der Waals surface area contributed by atoms with Gasteiger partial charge in [0.25, 0.3) is 0 Å². The second kappa shape index (κ2) is 7.15. The number of Topliss-reactive ketones (excluding diaryl/α,β-unsaturated/α-hetero) is 1. The molecule has 3 aromatic rings. The minimum Gasteiger partial charge on any atom is -0.399 e. The van der Waals surface area contributed by atoms with Crippen LogP contribution in [0.1, 0.15) is 49.1 Å². The summed E-state index contributed by atoms with van der Waals surface area (Å²) >= 11 is 0. The van der Waals surface area contributed by atoms with E-state index in [9.17, 15) is 14.4 Å². The number of nitrogens with two attached hydrogens (primary N) is 1. The number of carbonyl (C=O) groups is 3. The van der Waals surface area contributed by atoms with Crippen LogP contribution in [0.3, 0.4) is 0 Å². The molecule has 0 spiro atoms. The highest BCUT2D eigenvalue weighted by molar-refractivity contribution is 6.28. The van der Waals surface area contributed by atoms with Crippen LogP contribution in [0.2, 0.25) is 0 Å². The molecule has 0 radical (unpaired) electrons. The summed E-state index contributed by atoms with van der Waals surface area (Å²) in [5, 5.41) is 0. The molecule has 4 rings (SSSR count). The van der Waals surface area contributed by atoms with Crippen molar-refractivity contribution in [2.75, 3.05) is 5.73 Å². The normalized spacial score (nSPS) is 11.7. The molecule has 0 bridgehead atoms. The number of anilines is 1. The fraction of sp³-hybridized carbons (Fsp3) is 0.0455. The van der Waals surface area contributed by atoms with Crippen LogP contribution in [0, 0.1) is 0 Å². The highest BCUT2D eigenvalue weighted by atomic mass is 16.1. The van der Waals surface area contributed by atoms with Gasteiger partial charge in [0, 0.05) is 33.5 Å². The van der Waals surface area contributed by atoms with Gasteiger partial charge in [0.05, 0.1) is 0 Å². The SMILES string of the molecule is CC(=O)c1ccccc1.Nc1ccc2c(c1)C(=O)c1ccccc1C2=O. The van der Waals surface area contributed by atoms with E-state index in [2.05, 4.69) is 0 Å². The van der Waals surface area contributed by atoms with Crippen molar-refractivity contribution in [1.29, 1.82) is 0 Å². The van der Waals surface area contributed by atoms with Crippen molar-refractivity contribution in [3.05, 3.63) is 101 Å². The molecule has 3 aromatic carbocycles. The molecule has 0 heterocycles. The quantitative estimate of drug-likeness (QED) is 0.419. The Bertz CT molecular complexity index is 1010. The van der Waals surface area contributed by atoms with Gasteiger partial charge in [-0.3, -0.25) is 14.4 Å². The topological polar surface area (TPSA) is 77.2 Å². The first-order valence-corrected chi connectivity index (χ1v) is 8.13. The summed E-state index contributed by atoms with van der Waals surface area (Å²) in [5.74, 6) is -0.131. The number of fused-ring (bicyclic) bond motifs is 2. The van der Waals surface area contributed by atoms with E-state index in [-0.39, 0.29) is 17.3 Å². The summed E-state index contributed by atoms with van der Waals surface area (Å²) in [7, 11) is 0. The van der Waals surface area contributed by atoms with E-state index in [1.807, 2.05) is 30.3 Å². The minimum absolute atomic E-state index is 0.116. The predicted molar refractivity (Wildman–Crippen MR) is 101 cm³/mol. The van der Waals surface area contributed by atoms with E-state index in [4.69, 9.17) is 5.73 Å². The molecular formula is C22H17NO3. The molecule has 0 saturated heterocycles. The van der Waals surface area contributed by atoms with Gasteiger partial charge in [-0.25, -0.2) is 0 Å². The molecule has 2 N–H and O–H groups in total. The molecule has 128 valence electrons. The van der Waals surface area contributed by atoms with Crippen LogP contribution < -0.4 is 5.73 Å². The molecule has 0 aromatic heterocycles. The minimum atomic E-state index is -0.137. The summed E-state index contributed by atoms with van der Waals surface area (Å²) in [5.41, 5.74) is 8.66. The fourth-order valence-electron chi connectivity index (χ4n) is 2.79. The number of rotatable bonds is 1. The van der Waals surface area contributed by atoms with Crippen LogP contribution in [0.15, 0.2) is 72.8 Å². The van der Waals surface area contributed by atoms with Crippen molar-refractivity contribution in [2.24, 2.45) is 0 Å². The smallest absolute Gasteiger partial charge is 0.194 e. The zero-order chi connectivity index (χ0) is 18.7. The maximum atomic E-state index is 12.2. The first-order chi connectivity index (χ1) is 12.5. The molecule has 0 atom stereocenters. The van der Waals surface area contributed by atoms with Gasteiger partial charge in [0.2, 0.25) is 0 Å². The van der Waals surface area contributed by atoms with Crippen molar-refractivity contribution in [3.8, 4) is 0 Å². The van der Waals surface area contributed by atoms with Crippen LogP contribution in [-0.2, 0) is 0 Å². The summed E-state index contributed by atoms with van der Waals surface area (Å²) in [6.45, 7) is 1.56. The molecule has 4 heteroatoms. The molecule has 1 aliphatic carbocycles. The van der Waals surface area contributed by atoms with E-state index in [0.29, 0.717) is 27.9 Å². The van der Waals surface area contributed by atoms with Gasteiger partial charge in [-0.05, 0) is 25.1 Å². The van der Waals surface area contributed by atoms with Crippen molar-refractivity contribution in [2.45, 2.75) is 6.92 Å². The van der Waals surface area contributed by atoms with Crippen molar-refractivity contribution >= 4 is 23.0 Å². The summed E-state index contributed by atoms with van der Waals surface area (Å²) in [6.07, 6.45) is 0. The Morgan fingerprint density at radius 1 is 0.692 bits per heavy atom. The predicted octanol–water partition coefficient (Wildman–Crippen LogP) is 3.93. The third-order valence-electron chi connectivity index (χ3n) is 4.13.